The summed E-state index contributed by atoms with van der Waals surface area (Å²) in [5, 5.41) is 0. The molecule has 0 unspecified atom stereocenters. The average molecular weight is 283 g/mol. The molecule has 0 bridgehead atoms. The van der Waals surface area contributed by atoms with E-state index in [-0.39, 0.29) is 0 Å². The van der Waals surface area contributed by atoms with Gasteiger partial charge in [-0.3, -0.25) is 4.90 Å². The van der Waals surface area contributed by atoms with Crippen molar-refractivity contribution in [3.05, 3.63) is 48.0 Å². The van der Waals surface area contributed by atoms with Gasteiger partial charge in [-0.2, -0.15) is 0 Å². The van der Waals surface area contributed by atoms with Crippen LogP contribution in [0.15, 0.2) is 42.5 Å². The summed E-state index contributed by atoms with van der Waals surface area (Å²) >= 11 is 0. The van der Waals surface area contributed by atoms with Crippen LogP contribution < -0.4 is 11.5 Å². The number of nitrogens with two attached hydrogens (primary N) is 2. The Kier molecular flexibility index (Phi) is 4.08. The molecule has 110 valence electrons. The highest BCUT2D eigenvalue weighted by Crippen LogP contribution is 2.26. The van der Waals surface area contributed by atoms with E-state index in [0.717, 1.165) is 38.4 Å². The number of rotatable bonds is 3. The maximum Gasteiger partial charge on any atom is 0.0594 e. The molecule has 21 heavy (non-hydrogen) atoms. The van der Waals surface area contributed by atoms with E-state index < -0.39 is 0 Å². The summed E-state index contributed by atoms with van der Waals surface area (Å²) in [7, 11) is 0. The zero-order valence-electron chi connectivity index (χ0n) is 12.1. The van der Waals surface area contributed by atoms with Crippen molar-refractivity contribution in [2.45, 2.75) is 6.54 Å². The van der Waals surface area contributed by atoms with Crippen molar-refractivity contribution >= 4 is 11.4 Å². The van der Waals surface area contributed by atoms with Crippen molar-refractivity contribution in [2.75, 3.05) is 37.8 Å². The van der Waals surface area contributed by atoms with Crippen molar-refractivity contribution in [2.24, 2.45) is 0 Å². The van der Waals surface area contributed by atoms with Gasteiger partial charge in [-0.15, -0.1) is 0 Å². The van der Waals surface area contributed by atoms with E-state index in [2.05, 4.69) is 29.2 Å². The topological polar surface area (TPSA) is 64.5 Å². The predicted molar refractivity (Wildman–Crippen MR) is 86.8 cm³/mol. The fourth-order valence-electron chi connectivity index (χ4n) is 2.62. The van der Waals surface area contributed by atoms with Crippen molar-refractivity contribution in [3.63, 3.8) is 0 Å². The molecule has 2 aromatic rings. The van der Waals surface area contributed by atoms with E-state index >= 15 is 0 Å². The van der Waals surface area contributed by atoms with Crippen LogP contribution in [0.25, 0.3) is 11.1 Å². The smallest absolute Gasteiger partial charge is 0.0594 e. The van der Waals surface area contributed by atoms with Crippen LogP contribution in [0.5, 0.6) is 0 Å². The highest BCUT2D eigenvalue weighted by Gasteiger charge is 2.11. The molecule has 0 atom stereocenters. The molecule has 1 fully saturated rings. The van der Waals surface area contributed by atoms with Crippen LogP contribution in [0.1, 0.15) is 5.56 Å². The molecule has 0 spiro atoms. The Morgan fingerprint density at radius 1 is 0.905 bits per heavy atom. The first-order chi connectivity index (χ1) is 10.2. The summed E-state index contributed by atoms with van der Waals surface area (Å²) in [4.78, 5) is 2.42. The quantitative estimate of drug-likeness (QED) is 0.849. The zero-order valence-corrected chi connectivity index (χ0v) is 12.1. The first-order valence-electron chi connectivity index (χ1n) is 7.27. The monoisotopic (exact) mass is 283 g/mol. The molecule has 3 rings (SSSR count). The molecule has 1 saturated heterocycles. The number of hydrogen-bond acceptors (Lipinski definition) is 4. The molecule has 0 saturated carbocycles. The van der Waals surface area contributed by atoms with Gasteiger partial charge in [-0.25, -0.2) is 0 Å². The normalized spacial score (nSPS) is 16.0. The van der Waals surface area contributed by atoms with Gasteiger partial charge < -0.3 is 16.2 Å². The van der Waals surface area contributed by atoms with Crippen LogP contribution in [-0.2, 0) is 11.3 Å². The third-order valence-corrected chi connectivity index (χ3v) is 3.86. The van der Waals surface area contributed by atoms with Gasteiger partial charge in [0.2, 0.25) is 0 Å². The van der Waals surface area contributed by atoms with Gasteiger partial charge in [-0.05, 0) is 34.9 Å². The maximum atomic E-state index is 5.90. The number of nitrogens with zero attached hydrogens (tertiary/aromatic N) is 1. The Balaban J connectivity index is 1.80. The molecular formula is C17H21N3O. The van der Waals surface area contributed by atoms with Gasteiger partial charge in [0.1, 0.15) is 0 Å². The molecule has 0 aliphatic carbocycles. The minimum Gasteiger partial charge on any atom is -0.397 e. The standard InChI is InChI=1S/C17H21N3O/c18-16-5-4-15(11-17(16)19)14-3-1-2-13(10-14)12-20-6-8-21-9-7-20/h1-5,10-11H,6-9,12,18-19H2. The molecule has 2 aromatic carbocycles. The molecule has 0 aromatic heterocycles. The number of ether oxygens (including phenoxy) is 1. The van der Waals surface area contributed by atoms with E-state index in [4.69, 9.17) is 16.2 Å². The predicted octanol–water partition coefficient (Wildman–Crippen LogP) is 2.35. The Labute approximate surface area is 125 Å². The Bertz CT molecular complexity index is 621. The highest BCUT2D eigenvalue weighted by atomic mass is 16.5. The Hall–Kier alpha value is -2.04. The molecule has 4 heteroatoms. The molecule has 1 heterocycles. The van der Waals surface area contributed by atoms with E-state index in [0.29, 0.717) is 11.4 Å². The number of nitrogen functional groups attached to an aromatic ring is 2. The van der Waals surface area contributed by atoms with Crippen molar-refractivity contribution < 1.29 is 4.74 Å². The Morgan fingerprint density at radius 2 is 1.67 bits per heavy atom. The van der Waals surface area contributed by atoms with Crippen LogP contribution in [-0.4, -0.2) is 31.2 Å². The van der Waals surface area contributed by atoms with Gasteiger partial charge in [-0.1, -0.05) is 24.3 Å². The van der Waals surface area contributed by atoms with E-state index in [1.165, 1.54) is 11.1 Å². The number of hydrogen-bond donors (Lipinski definition) is 2. The second kappa shape index (κ2) is 6.16. The fraction of sp³-hybridized carbons (Fsp3) is 0.294. The number of morpholine rings is 1. The van der Waals surface area contributed by atoms with Crippen LogP contribution in [0.2, 0.25) is 0 Å². The van der Waals surface area contributed by atoms with Crippen molar-refractivity contribution in [1.82, 2.24) is 4.90 Å². The summed E-state index contributed by atoms with van der Waals surface area (Å²) in [5.41, 5.74) is 16.5. The lowest BCUT2D eigenvalue weighted by atomic mass is 10.0. The molecule has 1 aliphatic heterocycles. The minimum atomic E-state index is 0.628. The third kappa shape index (κ3) is 3.35. The fourth-order valence-corrected chi connectivity index (χ4v) is 2.62. The summed E-state index contributed by atoms with van der Waals surface area (Å²) in [6.07, 6.45) is 0. The van der Waals surface area contributed by atoms with Crippen molar-refractivity contribution in [3.8, 4) is 11.1 Å². The second-order valence-electron chi connectivity index (χ2n) is 5.43. The van der Waals surface area contributed by atoms with E-state index in [1.54, 1.807) is 0 Å². The lowest BCUT2D eigenvalue weighted by Crippen LogP contribution is -2.35. The average Bonchev–Trinajstić information content (AvgIpc) is 2.51. The Morgan fingerprint density at radius 3 is 2.43 bits per heavy atom. The van der Waals surface area contributed by atoms with Gasteiger partial charge >= 0.3 is 0 Å². The van der Waals surface area contributed by atoms with E-state index in [1.807, 2.05) is 18.2 Å². The van der Waals surface area contributed by atoms with Gasteiger partial charge in [0.25, 0.3) is 0 Å². The lowest BCUT2D eigenvalue weighted by molar-refractivity contribution is 0.0342. The lowest BCUT2D eigenvalue weighted by Gasteiger charge is -2.26. The summed E-state index contributed by atoms with van der Waals surface area (Å²) in [6.45, 7) is 4.61. The first-order valence-corrected chi connectivity index (χ1v) is 7.27. The number of benzene rings is 2. The SMILES string of the molecule is Nc1ccc(-c2cccc(CN3CCOCC3)c2)cc1N. The summed E-state index contributed by atoms with van der Waals surface area (Å²) in [6, 6.07) is 14.4. The molecule has 1 aliphatic rings. The number of anilines is 2. The maximum absolute atomic E-state index is 5.90. The van der Waals surface area contributed by atoms with Gasteiger partial charge in [0.05, 0.1) is 24.6 Å². The molecule has 0 amide bonds. The van der Waals surface area contributed by atoms with Gasteiger partial charge in [0.15, 0.2) is 0 Å². The molecular weight excluding hydrogens is 262 g/mol. The van der Waals surface area contributed by atoms with Crippen LogP contribution in [0, 0.1) is 0 Å². The largest absolute Gasteiger partial charge is 0.397 e. The third-order valence-electron chi connectivity index (χ3n) is 3.86. The van der Waals surface area contributed by atoms with Crippen molar-refractivity contribution in [1.29, 1.82) is 0 Å². The highest BCUT2D eigenvalue weighted by molar-refractivity contribution is 5.74. The molecule has 0 radical (unpaired) electrons. The summed E-state index contributed by atoms with van der Waals surface area (Å²) in [5.74, 6) is 0. The molecule has 4 N–H and O–H groups in total. The summed E-state index contributed by atoms with van der Waals surface area (Å²) < 4.78 is 5.39. The van der Waals surface area contributed by atoms with Crippen LogP contribution >= 0.6 is 0 Å². The van der Waals surface area contributed by atoms with Crippen LogP contribution in [0.3, 0.4) is 0 Å². The minimum absolute atomic E-state index is 0.628. The zero-order chi connectivity index (χ0) is 14.7. The van der Waals surface area contributed by atoms with Gasteiger partial charge in [0, 0.05) is 19.6 Å². The first kappa shape index (κ1) is 13.9. The molecule has 4 nitrogen and oxygen atoms in total. The van der Waals surface area contributed by atoms with Crippen LogP contribution in [0.4, 0.5) is 11.4 Å². The second-order valence-corrected chi connectivity index (χ2v) is 5.43. The van der Waals surface area contributed by atoms with E-state index in [9.17, 15) is 0 Å².